The van der Waals surface area contributed by atoms with E-state index in [-0.39, 0.29) is 0 Å². The molecule has 0 radical (unpaired) electrons. The van der Waals surface area contributed by atoms with Crippen LogP contribution in [-0.4, -0.2) is 96.6 Å². The van der Waals surface area contributed by atoms with Gasteiger partial charge >= 0.3 is 0 Å². The Hall–Kier alpha value is -0.160. The van der Waals surface area contributed by atoms with Crippen LogP contribution in [0, 0.1) is 5.41 Å². The summed E-state index contributed by atoms with van der Waals surface area (Å²) in [5.74, 6) is 0. The van der Waals surface area contributed by atoms with Gasteiger partial charge in [-0.05, 0) is 51.4 Å². The van der Waals surface area contributed by atoms with Crippen molar-refractivity contribution in [1.29, 1.82) is 0 Å². The maximum Gasteiger partial charge on any atom is 0.0350 e. The predicted molar refractivity (Wildman–Crippen MR) is 110 cm³/mol. The quantitative estimate of drug-likeness (QED) is 0.690. The van der Waals surface area contributed by atoms with Gasteiger partial charge in [0.05, 0.1) is 0 Å². The number of rotatable bonds is 7. The first-order chi connectivity index (χ1) is 12.6. The van der Waals surface area contributed by atoms with Gasteiger partial charge < -0.3 is 0 Å². The van der Waals surface area contributed by atoms with Gasteiger partial charge in [0.1, 0.15) is 0 Å². The molecule has 1 aliphatic carbocycles. The Morgan fingerprint density at radius 3 is 2.00 bits per heavy atom. The number of likely N-dealkylation sites (tertiary alicyclic amines) is 2. The third-order valence-corrected chi connectivity index (χ3v) is 7.85. The van der Waals surface area contributed by atoms with E-state index in [1.807, 2.05) is 0 Å². The molecule has 4 aliphatic rings. The fourth-order valence-corrected chi connectivity index (χ4v) is 5.81. The van der Waals surface area contributed by atoms with Gasteiger partial charge in [-0.25, -0.2) is 0 Å². The van der Waals surface area contributed by atoms with Crippen molar-refractivity contribution in [2.75, 3.05) is 58.9 Å². The summed E-state index contributed by atoms with van der Waals surface area (Å²) in [6, 6.07) is 2.44. The molecule has 26 heavy (non-hydrogen) atoms. The van der Waals surface area contributed by atoms with Crippen molar-refractivity contribution in [3.05, 3.63) is 0 Å². The van der Waals surface area contributed by atoms with Crippen molar-refractivity contribution in [1.82, 2.24) is 19.6 Å². The molecular formula is C22H42N4. The topological polar surface area (TPSA) is 13.0 Å². The molecule has 0 spiro atoms. The molecule has 0 aromatic heterocycles. The van der Waals surface area contributed by atoms with E-state index < -0.39 is 0 Å². The van der Waals surface area contributed by atoms with Crippen molar-refractivity contribution >= 4 is 0 Å². The van der Waals surface area contributed by atoms with Gasteiger partial charge in [0, 0.05) is 77.0 Å². The first-order valence-electron chi connectivity index (χ1n) is 11.5. The Bertz CT molecular complexity index is 439. The molecule has 3 saturated heterocycles. The SMILES string of the molecule is CCCC1(CN2CC(N3CCC(N4CCN(C(C)C)CC4)CC3)C2)CC1. The number of nitrogens with zero attached hydrogens (tertiary/aromatic N) is 4. The average molecular weight is 363 g/mol. The van der Waals surface area contributed by atoms with Gasteiger partial charge in [-0.15, -0.1) is 0 Å². The molecular weight excluding hydrogens is 320 g/mol. The summed E-state index contributed by atoms with van der Waals surface area (Å²) in [5, 5.41) is 0. The maximum atomic E-state index is 2.82. The molecule has 0 aromatic rings. The minimum Gasteiger partial charge on any atom is -0.300 e. The summed E-state index contributed by atoms with van der Waals surface area (Å²) in [4.78, 5) is 11.0. The van der Waals surface area contributed by atoms with Crippen LogP contribution in [-0.2, 0) is 0 Å². The van der Waals surface area contributed by atoms with Crippen molar-refractivity contribution in [2.24, 2.45) is 5.41 Å². The predicted octanol–water partition coefficient (Wildman–Crippen LogP) is 2.74. The molecule has 0 bridgehead atoms. The van der Waals surface area contributed by atoms with E-state index in [4.69, 9.17) is 0 Å². The third-order valence-electron chi connectivity index (χ3n) is 7.85. The van der Waals surface area contributed by atoms with Crippen LogP contribution in [0.25, 0.3) is 0 Å². The van der Waals surface area contributed by atoms with E-state index >= 15 is 0 Å². The summed E-state index contributed by atoms with van der Waals surface area (Å²) >= 11 is 0. The molecule has 0 aromatic carbocycles. The summed E-state index contributed by atoms with van der Waals surface area (Å²) in [5.41, 5.74) is 0.741. The lowest BCUT2D eigenvalue weighted by atomic mass is 9.94. The van der Waals surface area contributed by atoms with Crippen LogP contribution in [0.4, 0.5) is 0 Å². The summed E-state index contributed by atoms with van der Waals surface area (Å²) in [6.07, 6.45) is 8.63. The highest BCUT2D eigenvalue weighted by Crippen LogP contribution is 2.50. The molecule has 0 atom stereocenters. The van der Waals surface area contributed by atoms with Crippen LogP contribution in [0.2, 0.25) is 0 Å². The molecule has 150 valence electrons. The normalized spacial score (nSPS) is 30.0. The smallest absolute Gasteiger partial charge is 0.0350 e. The van der Waals surface area contributed by atoms with Crippen molar-refractivity contribution in [2.45, 2.75) is 77.4 Å². The van der Waals surface area contributed by atoms with E-state index in [2.05, 4.69) is 40.4 Å². The van der Waals surface area contributed by atoms with Gasteiger partial charge in [-0.3, -0.25) is 19.6 Å². The molecule has 4 nitrogen and oxygen atoms in total. The number of piperidine rings is 1. The highest BCUT2D eigenvalue weighted by atomic mass is 15.3. The third kappa shape index (κ3) is 4.29. The van der Waals surface area contributed by atoms with E-state index in [1.54, 1.807) is 0 Å². The fourth-order valence-electron chi connectivity index (χ4n) is 5.81. The van der Waals surface area contributed by atoms with Crippen LogP contribution in [0.15, 0.2) is 0 Å². The minimum atomic E-state index is 0.715. The second-order valence-electron chi connectivity index (χ2n) is 10.0. The highest BCUT2D eigenvalue weighted by molar-refractivity contribution is 5.00. The van der Waals surface area contributed by atoms with Gasteiger partial charge in [-0.2, -0.15) is 0 Å². The van der Waals surface area contributed by atoms with Gasteiger partial charge in [0.15, 0.2) is 0 Å². The van der Waals surface area contributed by atoms with Crippen molar-refractivity contribution in [3.8, 4) is 0 Å². The first kappa shape index (κ1) is 19.2. The lowest BCUT2D eigenvalue weighted by Crippen LogP contribution is -2.63. The molecule has 4 fully saturated rings. The lowest BCUT2D eigenvalue weighted by molar-refractivity contribution is -0.0120. The second-order valence-corrected chi connectivity index (χ2v) is 10.0. The van der Waals surface area contributed by atoms with Gasteiger partial charge in [0.25, 0.3) is 0 Å². The first-order valence-corrected chi connectivity index (χ1v) is 11.5. The Labute approximate surface area is 161 Å². The van der Waals surface area contributed by atoms with Crippen molar-refractivity contribution in [3.63, 3.8) is 0 Å². The Balaban J connectivity index is 1.14. The van der Waals surface area contributed by atoms with E-state index in [1.165, 1.54) is 97.4 Å². The Morgan fingerprint density at radius 2 is 1.46 bits per heavy atom. The van der Waals surface area contributed by atoms with Crippen LogP contribution in [0.1, 0.15) is 59.3 Å². The maximum absolute atomic E-state index is 2.82. The van der Waals surface area contributed by atoms with Gasteiger partial charge in [-0.1, -0.05) is 13.3 Å². The summed E-state index contributed by atoms with van der Waals surface area (Å²) < 4.78 is 0. The lowest BCUT2D eigenvalue weighted by Gasteiger charge is -2.50. The zero-order valence-corrected chi connectivity index (χ0v) is 17.6. The largest absolute Gasteiger partial charge is 0.300 e. The molecule has 1 saturated carbocycles. The molecule has 0 amide bonds. The standard InChI is InChI=1S/C22H42N4/c1-4-7-22(8-9-22)18-23-16-21(17-23)25-10-5-20(6-11-25)26-14-12-24(13-15-26)19(2)3/h19-21H,4-18H2,1-3H3. The molecule has 3 heterocycles. The summed E-state index contributed by atoms with van der Waals surface area (Å²) in [7, 11) is 0. The molecule has 0 unspecified atom stereocenters. The molecule has 0 N–H and O–H groups in total. The van der Waals surface area contributed by atoms with Crippen LogP contribution in [0.3, 0.4) is 0 Å². The number of hydrogen-bond acceptors (Lipinski definition) is 4. The Kier molecular flexibility index (Phi) is 5.95. The highest BCUT2D eigenvalue weighted by Gasteiger charge is 2.45. The number of piperazine rings is 1. The second kappa shape index (κ2) is 8.06. The fraction of sp³-hybridized carbons (Fsp3) is 1.00. The zero-order chi connectivity index (χ0) is 18.1. The monoisotopic (exact) mass is 362 g/mol. The van der Waals surface area contributed by atoms with Gasteiger partial charge in [0.2, 0.25) is 0 Å². The van der Waals surface area contributed by atoms with Crippen LogP contribution >= 0.6 is 0 Å². The van der Waals surface area contributed by atoms with E-state index in [9.17, 15) is 0 Å². The van der Waals surface area contributed by atoms with Crippen molar-refractivity contribution < 1.29 is 0 Å². The number of hydrogen-bond donors (Lipinski definition) is 0. The Morgan fingerprint density at radius 1 is 0.846 bits per heavy atom. The van der Waals surface area contributed by atoms with E-state index in [0.29, 0.717) is 6.04 Å². The molecule has 3 aliphatic heterocycles. The van der Waals surface area contributed by atoms with Crippen LogP contribution in [0.5, 0.6) is 0 Å². The minimum absolute atomic E-state index is 0.715. The average Bonchev–Trinajstić information content (AvgIpc) is 3.38. The van der Waals surface area contributed by atoms with E-state index in [0.717, 1.165) is 17.5 Å². The molecule has 4 rings (SSSR count). The summed E-state index contributed by atoms with van der Waals surface area (Å²) in [6.45, 7) is 18.9. The van der Waals surface area contributed by atoms with Crippen LogP contribution < -0.4 is 0 Å². The molecule has 4 heteroatoms. The zero-order valence-electron chi connectivity index (χ0n) is 17.6.